The smallest absolute Gasteiger partial charge is 0.405 e. The van der Waals surface area contributed by atoms with Crippen molar-refractivity contribution in [3.05, 3.63) is 0 Å². The number of rotatable bonds is 4. The van der Waals surface area contributed by atoms with Crippen molar-refractivity contribution in [1.82, 2.24) is 5.43 Å². The molecule has 0 radical (unpaired) electrons. The lowest BCUT2D eigenvalue weighted by atomic mass is 10.2. The van der Waals surface area contributed by atoms with E-state index in [1.165, 1.54) is 0 Å². The second-order valence-corrected chi connectivity index (χ2v) is 3.86. The summed E-state index contributed by atoms with van der Waals surface area (Å²) in [6.45, 7) is 5.30. The lowest BCUT2D eigenvalue weighted by molar-refractivity contribution is -0.136. The number of nitrogens with one attached hydrogen (secondary N) is 1. The van der Waals surface area contributed by atoms with Crippen LogP contribution in [0.3, 0.4) is 0 Å². The van der Waals surface area contributed by atoms with Crippen LogP contribution in [0, 0.1) is 0 Å². The maximum absolute atomic E-state index is 11.1. The summed E-state index contributed by atoms with van der Waals surface area (Å²) in [5.74, 6) is 4.23. The fourth-order valence-electron chi connectivity index (χ4n) is 0.722. The van der Waals surface area contributed by atoms with Gasteiger partial charge in [-0.25, -0.2) is 10.6 Å². The fraction of sp³-hybridized carbons (Fsp3) is 0.750. The molecule has 5 N–H and O–H groups in total. The highest BCUT2D eigenvalue weighted by atomic mass is 16.6. The van der Waals surface area contributed by atoms with E-state index < -0.39 is 23.7 Å². The van der Waals surface area contributed by atoms with Crippen LogP contribution < -0.4 is 17.0 Å². The van der Waals surface area contributed by atoms with Crippen molar-refractivity contribution in [2.75, 3.05) is 6.61 Å². The Morgan fingerprint density at radius 2 is 1.93 bits per heavy atom. The van der Waals surface area contributed by atoms with Crippen LogP contribution in [0.5, 0.6) is 0 Å². The highest BCUT2D eigenvalue weighted by Gasteiger charge is 2.24. The number of hydrogen-bond acceptors (Lipinski definition) is 5. The summed E-state index contributed by atoms with van der Waals surface area (Å²) in [5.41, 5.74) is 6.19. The molecule has 7 heteroatoms. The van der Waals surface area contributed by atoms with Crippen LogP contribution in [-0.2, 0) is 14.3 Å². The topological polar surface area (TPSA) is 117 Å². The number of nitrogens with two attached hydrogens (primary N) is 2. The largest absolute Gasteiger partial charge is 0.434 e. The summed E-state index contributed by atoms with van der Waals surface area (Å²) in [6.07, 6.45) is -2.19. The monoisotopic (exact) mass is 219 g/mol. The van der Waals surface area contributed by atoms with Crippen LogP contribution in [0.25, 0.3) is 0 Å². The zero-order valence-corrected chi connectivity index (χ0v) is 9.07. The summed E-state index contributed by atoms with van der Waals surface area (Å²) >= 11 is 0. The third-order valence-electron chi connectivity index (χ3n) is 1.36. The summed E-state index contributed by atoms with van der Waals surface area (Å²) in [6, 6.07) is 0. The average Bonchev–Trinajstić information content (AvgIpc) is 2.09. The number of hydrogen-bond donors (Lipinski definition) is 3. The molecule has 0 aliphatic heterocycles. The average molecular weight is 219 g/mol. The SMILES string of the molecule is CC(C)(C)OCC(OC(N)=O)C(=O)NN. The molecule has 0 aromatic rings. The first-order valence-corrected chi connectivity index (χ1v) is 4.37. The van der Waals surface area contributed by atoms with Crippen LogP contribution in [0.2, 0.25) is 0 Å². The molecule has 7 nitrogen and oxygen atoms in total. The first-order chi connectivity index (χ1) is 6.76. The molecule has 15 heavy (non-hydrogen) atoms. The minimum absolute atomic E-state index is 0.102. The third kappa shape index (κ3) is 6.69. The molecule has 0 heterocycles. The summed E-state index contributed by atoms with van der Waals surface area (Å²) in [7, 11) is 0. The molecular weight excluding hydrogens is 202 g/mol. The van der Waals surface area contributed by atoms with Gasteiger partial charge in [-0.15, -0.1) is 0 Å². The number of amides is 2. The van der Waals surface area contributed by atoms with E-state index in [1.807, 2.05) is 5.43 Å². The molecule has 0 aromatic carbocycles. The molecule has 88 valence electrons. The minimum Gasteiger partial charge on any atom is -0.434 e. The molecule has 0 saturated heterocycles. The second-order valence-electron chi connectivity index (χ2n) is 3.86. The third-order valence-corrected chi connectivity index (χ3v) is 1.36. The number of hydrazine groups is 1. The molecule has 0 spiro atoms. The van der Waals surface area contributed by atoms with Crippen molar-refractivity contribution in [3.63, 3.8) is 0 Å². The van der Waals surface area contributed by atoms with Crippen molar-refractivity contribution in [2.45, 2.75) is 32.5 Å². The number of ether oxygens (including phenoxy) is 2. The minimum atomic E-state index is -1.13. The van der Waals surface area contributed by atoms with Gasteiger partial charge in [0.2, 0.25) is 6.10 Å². The molecule has 2 amide bonds. The van der Waals surface area contributed by atoms with E-state index in [0.29, 0.717) is 0 Å². The Morgan fingerprint density at radius 1 is 1.40 bits per heavy atom. The predicted octanol–water partition coefficient (Wildman–Crippen LogP) is -0.745. The molecule has 0 bridgehead atoms. The first kappa shape index (κ1) is 13.7. The van der Waals surface area contributed by atoms with Crippen LogP contribution >= 0.6 is 0 Å². The van der Waals surface area contributed by atoms with Gasteiger partial charge in [0.15, 0.2) is 0 Å². The zero-order chi connectivity index (χ0) is 12.1. The lowest BCUT2D eigenvalue weighted by Crippen LogP contribution is -2.45. The Balaban J connectivity index is 4.25. The van der Waals surface area contributed by atoms with Gasteiger partial charge >= 0.3 is 6.09 Å². The van der Waals surface area contributed by atoms with Gasteiger partial charge in [-0.3, -0.25) is 10.2 Å². The summed E-state index contributed by atoms with van der Waals surface area (Å²) in [5, 5.41) is 0. The molecule has 0 fully saturated rings. The van der Waals surface area contributed by atoms with E-state index in [0.717, 1.165) is 0 Å². The van der Waals surface area contributed by atoms with E-state index >= 15 is 0 Å². The highest BCUT2D eigenvalue weighted by molar-refractivity contribution is 5.82. The Labute approximate surface area is 88.0 Å². The lowest BCUT2D eigenvalue weighted by Gasteiger charge is -2.23. The molecule has 1 atom stereocenters. The predicted molar refractivity (Wildman–Crippen MR) is 52.5 cm³/mol. The number of primary amides is 1. The van der Waals surface area contributed by atoms with Gasteiger partial charge < -0.3 is 15.2 Å². The van der Waals surface area contributed by atoms with Gasteiger partial charge in [0.1, 0.15) is 0 Å². The molecular formula is C8H17N3O4. The van der Waals surface area contributed by atoms with Crippen molar-refractivity contribution < 1.29 is 19.1 Å². The van der Waals surface area contributed by atoms with Crippen LogP contribution in [0.15, 0.2) is 0 Å². The van der Waals surface area contributed by atoms with Crippen LogP contribution in [0.4, 0.5) is 4.79 Å². The normalized spacial score (nSPS) is 13.1. The van der Waals surface area contributed by atoms with Gasteiger partial charge in [-0.2, -0.15) is 0 Å². The molecule has 0 aliphatic carbocycles. The maximum atomic E-state index is 11.1. The van der Waals surface area contributed by atoms with Crippen molar-refractivity contribution in [1.29, 1.82) is 0 Å². The van der Waals surface area contributed by atoms with Gasteiger partial charge in [-0.1, -0.05) is 0 Å². The maximum Gasteiger partial charge on any atom is 0.405 e. The second kappa shape index (κ2) is 5.52. The van der Waals surface area contributed by atoms with E-state index in [4.69, 9.17) is 16.3 Å². The van der Waals surface area contributed by atoms with Gasteiger partial charge in [0.05, 0.1) is 12.2 Å². The van der Waals surface area contributed by atoms with Crippen LogP contribution in [-0.4, -0.2) is 30.3 Å². The Morgan fingerprint density at radius 3 is 2.27 bits per heavy atom. The number of carbonyl (C=O) groups is 2. The quantitative estimate of drug-likeness (QED) is 0.327. The summed E-state index contributed by atoms with van der Waals surface area (Å²) in [4.78, 5) is 21.6. The standard InChI is InChI=1S/C8H17N3O4/c1-8(2,3)14-4-5(6(12)11-10)15-7(9)13/h5H,4,10H2,1-3H3,(H2,9,13)(H,11,12). The fourth-order valence-corrected chi connectivity index (χ4v) is 0.722. The Bertz CT molecular complexity index is 237. The van der Waals surface area contributed by atoms with Crippen molar-refractivity contribution >= 4 is 12.0 Å². The van der Waals surface area contributed by atoms with Gasteiger partial charge in [0, 0.05) is 0 Å². The molecule has 0 rings (SSSR count). The van der Waals surface area contributed by atoms with E-state index in [-0.39, 0.29) is 6.61 Å². The number of carbonyl (C=O) groups excluding carboxylic acids is 2. The molecule has 1 unspecified atom stereocenters. The molecule has 0 saturated carbocycles. The van der Waals surface area contributed by atoms with Gasteiger partial charge in [-0.05, 0) is 20.8 Å². The Kier molecular flexibility index (Phi) is 5.03. The van der Waals surface area contributed by atoms with Crippen molar-refractivity contribution in [3.8, 4) is 0 Å². The molecule has 0 aliphatic rings. The zero-order valence-electron chi connectivity index (χ0n) is 9.07. The first-order valence-electron chi connectivity index (χ1n) is 4.37. The Hall–Kier alpha value is -1.34. The summed E-state index contributed by atoms with van der Waals surface area (Å²) < 4.78 is 9.79. The van der Waals surface area contributed by atoms with E-state index in [1.54, 1.807) is 20.8 Å². The van der Waals surface area contributed by atoms with Crippen molar-refractivity contribution in [2.24, 2.45) is 11.6 Å². The van der Waals surface area contributed by atoms with Gasteiger partial charge in [0.25, 0.3) is 5.91 Å². The van der Waals surface area contributed by atoms with E-state index in [9.17, 15) is 9.59 Å². The van der Waals surface area contributed by atoms with E-state index in [2.05, 4.69) is 4.74 Å². The molecule has 0 aromatic heterocycles. The highest BCUT2D eigenvalue weighted by Crippen LogP contribution is 2.08. The van der Waals surface area contributed by atoms with Crippen LogP contribution in [0.1, 0.15) is 20.8 Å².